The highest BCUT2D eigenvalue weighted by Crippen LogP contribution is 2.40. The zero-order valence-corrected chi connectivity index (χ0v) is 19.2. The minimum Gasteiger partial charge on any atom is -0.462 e. The first-order valence-electron chi connectivity index (χ1n) is 11.0. The van der Waals surface area contributed by atoms with E-state index < -0.39 is 5.97 Å². The van der Waals surface area contributed by atoms with E-state index in [0.717, 1.165) is 39.7 Å². The summed E-state index contributed by atoms with van der Waals surface area (Å²) >= 11 is 0. The van der Waals surface area contributed by atoms with Crippen LogP contribution in [0.25, 0.3) is 16.5 Å². The maximum absolute atomic E-state index is 13.5. The molecule has 2 aliphatic heterocycles. The molecule has 1 aromatic carbocycles. The van der Waals surface area contributed by atoms with E-state index in [9.17, 15) is 9.59 Å². The summed E-state index contributed by atoms with van der Waals surface area (Å²) in [6, 6.07) is 8.01. The van der Waals surface area contributed by atoms with Crippen molar-refractivity contribution < 1.29 is 18.8 Å². The Morgan fingerprint density at radius 2 is 1.84 bits per heavy atom. The third-order valence-corrected chi connectivity index (χ3v) is 6.46. The first kappa shape index (κ1) is 21.4. The fraction of sp³-hybridized carbons (Fsp3) is 0.500. The number of urea groups is 1. The Labute approximate surface area is 183 Å². The monoisotopic (exact) mass is 425 g/mol. The van der Waals surface area contributed by atoms with Gasteiger partial charge in [-0.3, -0.25) is 4.90 Å². The van der Waals surface area contributed by atoms with E-state index in [-0.39, 0.29) is 18.1 Å². The predicted molar refractivity (Wildman–Crippen MR) is 121 cm³/mol. The number of rotatable bonds is 2. The van der Waals surface area contributed by atoms with E-state index in [1.165, 1.54) is 0 Å². The number of hydrogen-bond acceptors (Lipinski definition) is 3. The number of carbonyl (C=O) groups excluding carboxylic acids is 2. The number of esters is 1. The van der Waals surface area contributed by atoms with Gasteiger partial charge in [0.25, 0.3) is 0 Å². The van der Waals surface area contributed by atoms with Crippen molar-refractivity contribution in [3.63, 3.8) is 0 Å². The Hall–Kier alpha value is -2.80. The number of fused-ring (bicyclic) bond motifs is 3. The Bertz CT molecular complexity index is 1040. The van der Waals surface area contributed by atoms with Gasteiger partial charge in [0.1, 0.15) is 0 Å². The third-order valence-electron chi connectivity index (χ3n) is 6.46. The van der Waals surface area contributed by atoms with E-state index >= 15 is 0 Å². The van der Waals surface area contributed by atoms with Gasteiger partial charge in [-0.15, -0.1) is 0 Å². The van der Waals surface area contributed by atoms with Gasteiger partial charge in [0, 0.05) is 29.1 Å². The number of quaternary nitrogens is 1. The molecule has 7 heteroatoms. The van der Waals surface area contributed by atoms with Crippen molar-refractivity contribution in [1.29, 1.82) is 0 Å². The van der Waals surface area contributed by atoms with Gasteiger partial charge in [0.2, 0.25) is 0 Å². The first-order valence-corrected chi connectivity index (χ1v) is 11.0. The molecule has 31 heavy (non-hydrogen) atoms. The number of para-hydroxylation sites is 1. The van der Waals surface area contributed by atoms with Crippen molar-refractivity contribution in [2.24, 2.45) is 0 Å². The van der Waals surface area contributed by atoms with Crippen LogP contribution in [0.5, 0.6) is 0 Å². The zero-order valence-electron chi connectivity index (χ0n) is 19.2. The van der Waals surface area contributed by atoms with Crippen molar-refractivity contribution in [3.05, 3.63) is 41.7 Å². The number of carbonyl (C=O) groups is 2. The number of likely N-dealkylation sites (N-methyl/N-ethyl adjacent to an activating group) is 1. The normalized spacial score (nSPS) is 20.1. The Morgan fingerprint density at radius 1 is 1.16 bits per heavy atom. The molecule has 2 amide bonds. The number of ether oxygens (including phenoxy) is 1. The van der Waals surface area contributed by atoms with Gasteiger partial charge in [-0.05, 0) is 18.6 Å². The molecule has 0 atom stereocenters. The van der Waals surface area contributed by atoms with Crippen LogP contribution < -0.4 is 0 Å². The van der Waals surface area contributed by atoms with Crippen LogP contribution in [0.1, 0.15) is 32.0 Å². The lowest BCUT2D eigenvalue weighted by atomic mass is 9.82. The number of amides is 2. The molecule has 3 heterocycles. The third kappa shape index (κ3) is 3.94. The lowest BCUT2D eigenvalue weighted by Gasteiger charge is -2.41. The maximum Gasteiger partial charge on any atom is 0.341 e. The second-order valence-electron chi connectivity index (χ2n) is 9.85. The van der Waals surface area contributed by atoms with Crippen molar-refractivity contribution >= 4 is 28.5 Å². The number of nitrogens with zero attached hydrogens (tertiary/aromatic N) is 3. The Morgan fingerprint density at radius 3 is 2.52 bits per heavy atom. The highest BCUT2D eigenvalue weighted by Gasteiger charge is 2.39. The summed E-state index contributed by atoms with van der Waals surface area (Å²) in [5.74, 6) is -0.415. The number of aromatic amines is 1. The lowest BCUT2D eigenvalue weighted by molar-refractivity contribution is -0.894. The SMILES string of the molecule is CCOC(=O)C1=CN(C(=O)N2CC[N+](C)(C)CC2)CC(C)(C)c2c1[nH]c1ccccc21. The van der Waals surface area contributed by atoms with E-state index in [1.54, 1.807) is 18.0 Å². The average Bonchev–Trinajstić information content (AvgIpc) is 3.05. The number of benzene rings is 1. The van der Waals surface area contributed by atoms with Crippen LogP contribution in [0.2, 0.25) is 0 Å². The van der Waals surface area contributed by atoms with Crippen LogP contribution in [-0.2, 0) is 14.9 Å². The minimum absolute atomic E-state index is 0.0518. The highest BCUT2D eigenvalue weighted by molar-refractivity contribution is 6.18. The topological polar surface area (TPSA) is 65.6 Å². The number of piperazine rings is 1. The van der Waals surface area contributed by atoms with Gasteiger partial charge in [-0.25, -0.2) is 9.59 Å². The minimum atomic E-state index is -0.415. The van der Waals surface area contributed by atoms with Crippen LogP contribution in [0.15, 0.2) is 30.5 Å². The average molecular weight is 426 g/mol. The first-order chi connectivity index (χ1) is 14.6. The Kier molecular flexibility index (Phi) is 5.33. The molecule has 2 aliphatic rings. The molecule has 1 N–H and O–H groups in total. The summed E-state index contributed by atoms with van der Waals surface area (Å²) in [7, 11) is 4.38. The van der Waals surface area contributed by atoms with Crippen molar-refractivity contribution in [3.8, 4) is 0 Å². The molecule has 0 saturated carbocycles. The van der Waals surface area contributed by atoms with Crippen LogP contribution in [0, 0.1) is 0 Å². The molecular weight excluding hydrogens is 392 g/mol. The highest BCUT2D eigenvalue weighted by atomic mass is 16.5. The quantitative estimate of drug-likeness (QED) is 0.594. The fourth-order valence-corrected chi connectivity index (χ4v) is 4.68. The second-order valence-corrected chi connectivity index (χ2v) is 9.85. The predicted octanol–water partition coefficient (Wildman–Crippen LogP) is 3.18. The smallest absolute Gasteiger partial charge is 0.341 e. The van der Waals surface area contributed by atoms with Gasteiger partial charge in [-0.1, -0.05) is 32.0 Å². The largest absolute Gasteiger partial charge is 0.462 e. The summed E-state index contributed by atoms with van der Waals surface area (Å²) in [6.45, 7) is 10.1. The van der Waals surface area contributed by atoms with E-state index in [2.05, 4.69) is 39.0 Å². The molecule has 0 aliphatic carbocycles. The van der Waals surface area contributed by atoms with Gasteiger partial charge in [-0.2, -0.15) is 0 Å². The van der Waals surface area contributed by atoms with Gasteiger partial charge >= 0.3 is 12.0 Å². The molecule has 1 saturated heterocycles. The molecular formula is C24H33N4O3+. The zero-order chi connectivity index (χ0) is 22.4. The number of nitrogens with one attached hydrogen (secondary N) is 1. The molecule has 0 spiro atoms. The summed E-state index contributed by atoms with van der Waals surface area (Å²) in [4.78, 5) is 33.5. The van der Waals surface area contributed by atoms with E-state index in [0.29, 0.717) is 25.2 Å². The summed E-state index contributed by atoms with van der Waals surface area (Å²) in [6.07, 6.45) is 1.69. The summed E-state index contributed by atoms with van der Waals surface area (Å²) in [5, 5.41) is 1.07. The summed E-state index contributed by atoms with van der Waals surface area (Å²) < 4.78 is 6.29. The molecule has 0 unspecified atom stereocenters. The molecule has 0 radical (unpaired) electrons. The number of aromatic nitrogens is 1. The van der Waals surface area contributed by atoms with Crippen LogP contribution in [0.3, 0.4) is 0 Å². The van der Waals surface area contributed by atoms with Crippen LogP contribution in [0.4, 0.5) is 4.79 Å². The standard InChI is InChI=1S/C24H33N4O3/c1-6-31-22(29)18-15-27(23(30)26-11-13-28(4,5)14-12-26)16-24(2,3)20-17-9-7-8-10-19(17)25-21(18)20/h7-10,15,25H,6,11-14,16H2,1-5H3/q+1. The number of hydrogen-bond donors (Lipinski definition) is 1. The van der Waals surface area contributed by atoms with E-state index in [4.69, 9.17) is 4.74 Å². The Balaban J connectivity index is 1.78. The molecule has 1 fully saturated rings. The molecule has 166 valence electrons. The van der Waals surface area contributed by atoms with Crippen molar-refractivity contribution in [2.45, 2.75) is 26.2 Å². The molecule has 1 aromatic heterocycles. The van der Waals surface area contributed by atoms with Crippen LogP contribution in [-0.4, -0.2) is 84.7 Å². The van der Waals surface area contributed by atoms with Gasteiger partial charge in [0.05, 0.1) is 58.1 Å². The molecule has 4 rings (SSSR count). The second kappa shape index (κ2) is 7.71. The summed E-state index contributed by atoms with van der Waals surface area (Å²) in [5.41, 5.74) is 2.82. The maximum atomic E-state index is 13.5. The lowest BCUT2D eigenvalue weighted by Crippen LogP contribution is -2.58. The van der Waals surface area contributed by atoms with Crippen molar-refractivity contribution in [1.82, 2.24) is 14.8 Å². The fourth-order valence-electron chi connectivity index (χ4n) is 4.68. The molecule has 0 bridgehead atoms. The van der Waals surface area contributed by atoms with Gasteiger partial charge in [0.15, 0.2) is 0 Å². The van der Waals surface area contributed by atoms with Crippen LogP contribution >= 0.6 is 0 Å². The van der Waals surface area contributed by atoms with Crippen molar-refractivity contribution in [2.75, 3.05) is 53.4 Å². The van der Waals surface area contributed by atoms with E-state index in [1.807, 2.05) is 23.1 Å². The van der Waals surface area contributed by atoms with Gasteiger partial charge < -0.3 is 19.1 Å². The molecule has 2 aromatic rings. The molecule has 7 nitrogen and oxygen atoms in total. The number of H-pyrrole nitrogens is 1.